The number of carbonyl (C=O) groups is 2. The first kappa shape index (κ1) is 10.6. The molecule has 1 heterocycles. The SMILES string of the molecule is CC(C)(C(=O)O)c1nc(C(=O)O)cs1. The van der Waals surface area contributed by atoms with Crippen LogP contribution in [0.15, 0.2) is 5.38 Å². The molecule has 0 aliphatic heterocycles. The van der Waals surface area contributed by atoms with Crippen LogP contribution in [0.25, 0.3) is 0 Å². The van der Waals surface area contributed by atoms with Crippen LogP contribution in [0, 0.1) is 0 Å². The van der Waals surface area contributed by atoms with Crippen molar-refractivity contribution in [1.82, 2.24) is 4.98 Å². The van der Waals surface area contributed by atoms with Crippen LogP contribution in [0.2, 0.25) is 0 Å². The topological polar surface area (TPSA) is 87.5 Å². The summed E-state index contributed by atoms with van der Waals surface area (Å²) in [5.74, 6) is -2.17. The second-order valence-corrected chi connectivity index (χ2v) is 4.13. The van der Waals surface area contributed by atoms with Crippen molar-refractivity contribution in [3.63, 3.8) is 0 Å². The number of nitrogens with zero attached hydrogens (tertiary/aromatic N) is 1. The molecule has 0 spiro atoms. The van der Waals surface area contributed by atoms with E-state index in [9.17, 15) is 9.59 Å². The summed E-state index contributed by atoms with van der Waals surface area (Å²) in [6.45, 7) is 2.97. The number of hydrogen-bond acceptors (Lipinski definition) is 4. The summed E-state index contributed by atoms with van der Waals surface area (Å²) in [5, 5.41) is 19.1. The lowest BCUT2D eigenvalue weighted by atomic mass is 9.95. The molecule has 1 rings (SSSR count). The molecule has 0 saturated heterocycles. The lowest BCUT2D eigenvalue weighted by Crippen LogP contribution is -2.28. The van der Waals surface area contributed by atoms with Crippen LogP contribution in [0.1, 0.15) is 29.3 Å². The summed E-state index contributed by atoms with van der Waals surface area (Å²) < 4.78 is 0. The van der Waals surface area contributed by atoms with Gasteiger partial charge in [-0.15, -0.1) is 11.3 Å². The summed E-state index contributed by atoms with van der Waals surface area (Å²) in [5.41, 5.74) is -1.25. The fourth-order valence-electron chi connectivity index (χ4n) is 0.751. The molecule has 0 unspecified atom stereocenters. The first-order valence-electron chi connectivity index (χ1n) is 3.78. The third-order valence-corrected chi connectivity index (χ3v) is 2.96. The van der Waals surface area contributed by atoms with E-state index in [1.54, 1.807) is 0 Å². The lowest BCUT2D eigenvalue weighted by molar-refractivity contribution is -0.142. The second-order valence-electron chi connectivity index (χ2n) is 3.27. The minimum atomic E-state index is -1.14. The van der Waals surface area contributed by atoms with Gasteiger partial charge in [-0.1, -0.05) is 0 Å². The Hall–Kier alpha value is -1.43. The monoisotopic (exact) mass is 215 g/mol. The van der Waals surface area contributed by atoms with Crippen molar-refractivity contribution >= 4 is 23.3 Å². The Kier molecular flexibility index (Phi) is 2.57. The number of aromatic nitrogens is 1. The van der Waals surface area contributed by atoms with Gasteiger partial charge in [0, 0.05) is 5.38 Å². The van der Waals surface area contributed by atoms with Crippen molar-refractivity contribution in [3.8, 4) is 0 Å². The highest BCUT2D eigenvalue weighted by Gasteiger charge is 2.33. The standard InChI is InChI=1S/C8H9NO4S/c1-8(2,7(12)13)6-9-4(3-14-6)5(10)11/h3H,1-2H3,(H,10,11)(H,12,13). The lowest BCUT2D eigenvalue weighted by Gasteiger charge is -2.14. The Balaban J connectivity index is 3.09. The molecule has 0 bridgehead atoms. The van der Waals surface area contributed by atoms with E-state index in [4.69, 9.17) is 10.2 Å². The average molecular weight is 215 g/mol. The highest BCUT2D eigenvalue weighted by Crippen LogP contribution is 2.26. The molecule has 6 heteroatoms. The third-order valence-electron chi connectivity index (χ3n) is 1.79. The maximum absolute atomic E-state index is 10.8. The van der Waals surface area contributed by atoms with E-state index in [-0.39, 0.29) is 5.69 Å². The van der Waals surface area contributed by atoms with Crippen molar-refractivity contribution in [1.29, 1.82) is 0 Å². The van der Waals surface area contributed by atoms with Crippen LogP contribution < -0.4 is 0 Å². The van der Waals surface area contributed by atoms with E-state index in [1.165, 1.54) is 19.2 Å². The Morgan fingerprint density at radius 1 is 1.43 bits per heavy atom. The van der Waals surface area contributed by atoms with Crippen LogP contribution in [0.5, 0.6) is 0 Å². The van der Waals surface area contributed by atoms with Gasteiger partial charge in [0.1, 0.15) is 10.4 Å². The van der Waals surface area contributed by atoms with Gasteiger partial charge in [-0.2, -0.15) is 0 Å². The molecule has 0 saturated carbocycles. The maximum Gasteiger partial charge on any atom is 0.355 e. The molecular weight excluding hydrogens is 206 g/mol. The van der Waals surface area contributed by atoms with Crippen LogP contribution in [-0.4, -0.2) is 27.1 Å². The summed E-state index contributed by atoms with van der Waals surface area (Å²) >= 11 is 1.04. The van der Waals surface area contributed by atoms with Crippen LogP contribution in [-0.2, 0) is 10.2 Å². The molecule has 14 heavy (non-hydrogen) atoms. The predicted octanol–water partition coefficient (Wildman–Crippen LogP) is 1.20. The highest BCUT2D eigenvalue weighted by molar-refractivity contribution is 7.10. The molecular formula is C8H9NO4S. The zero-order chi connectivity index (χ0) is 10.9. The van der Waals surface area contributed by atoms with Gasteiger partial charge in [0.15, 0.2) is 5.69 Å². The number of hydrogen-bond donors (Lipinski definition) is 2. The number of carboxylic acid groups (broad SMARTS) is 2. The molecule has 0 amide bonds. The fourth-order valence-corrected chi connectivity index (χ4v) is 1.66. The highest BCUT2D eigenvalue weighted by atomic mass is 32.1. The van der Waals surface area contributed by atoms with Crippen molar-refractivity contribution in [3.05, 3.63) is 16.1 Å². The average Bonchev–Trinajstić information content (AvgIpc) is 2.51. The van der Waals surface area contributed by atoms with Crippen LogP contribution in [0.4, 0.5) is 0 Å². The summed E-state index contributed by atoms with van der Waals surface area (Å²) in [7, 11) is 0. The molecule has 5 nitrogen and oxygen atoms in total. The van der Waals surface area contributed by atoms with Gasteiger partial charge < -0.3 is 10.2 Å². The minimum Gasteiger partial charge on any atom is -0.481 e. The van der Waals surface area contributed by atoms with Crippen molar-refractivity contribution in [2.24, 2.45) is 0 Å². The first-order valence-corrected chi connectivity index (χ1v) is 4.66. The van der Waals surface area contributed by atoms with E-state index in [0.29, 0.717) is 5.01 Å². The van der Waals surface area contributed by atoms with Crippen LogP contribution in [0.3, 0.4) is 0 Å². The van der Waals surface area contributed by atoms with Crippen molar-refractivity contribution in [2.45, 2.75) is 19.3 Å². The van der Waals surface area contributed by atoms with E-state index in [1.807, 2.05) is 0 Å². The number of carboxylic acids is 2. The van der Waals surface area contributed by atoms with Gasteiger partial charge in [0.2, 0.25) is 0 Å². The van der Waals surface area contributed by atoms with Crippen LogP contribution >= 0.6 is 11.3 Å². The molecule has 76 valence electrons. The maximum atomic E-state index is 10.8. The minimum absolute atomic E-state index is 0.112. The number of rotatable bonds is 3. The molecule has 0 aliphatic carbocycles. The van der Waals surface area contributed by atoms with E-state index < -0.39 is 17.4 Å². The zero-order valence-corrected chi connectivity index (χ0v) is 8.46. The molecule has 0 aliphatic rings. The largest absolute Gasteiger partial charge is 0.481 e. The molecule has 0 aromatic carbocycles. The van der Waals surface area contributed by atoms with Gasteiger partial charge in [0.25, 0.3) is 0 Å². The smallest absolute Gasteiger partial charge is 0.355 e. The molecule has 2 N–H and O–H groups in total. The van der Waals surface area contributed by atoms with Gasteiger partial charge in [-0.25, -0.2) is 9.78 Å². The quantitative estimate of drug-likeness (QED) is 0.791. The van der Waals surface area contributed by atoms with E-state index >= 15 is 0 Å². The Morgan fingerprint density at radius 2 is 2.00 bits per heavy atom. The predicted molar refractivity (Wildman–Crippen MR) is 49.7 cm³/mol. The summed E-state index contributed by atoms with van der Waals surface area (Å²) in [6, 6.07) is 0. The molecule has 1 aromatic heterocycles. The van der Waals surface area contributed by atoms with Gasteiger partial charge in [-0.05, 0) is 13.8 Å². The van der Waals surface area contributed by atoms with E-state index in [2.05, 4.69) is 4.98 Å². The zero-order valence-electron chi connectivity index (χ0n) is 7.64. The summed E-state index contributed by atoms with van der Waals surface area (Å²) in [4.78, 5) is 25.1. The molecule has 0 atom stereocenters. The molecule has 1 aromatic rings. The Morgan fingerprint density at radius 3 is 2.36 bits per heavy atom. The van der Waals surface area contributed by atoms with Crippen molar-refractivity contribution in [2.75, 3.05) is 0 Å². The number of aromatic carboxylic acids is 1. The molecule has 0 radical (unpaired) electrons. The van der Waals surface area contributed by atoms with Gasteiger partial charge in [-0.3, -0.25) is 4.79 Å². The fraction of sp³-hybridized carbons (Fsp3) is 0.375. The normalized spacial score (nSPS) is 11.3. The molecule has 0 fully saturated rings. The number of aliphatic carboxylic acids is 1. The van der Waals surface area contributed by atoms with Gasteiger partial charge in [0.05, 0.1) is 0 Å². The second kappa shape index (κ2) is 3.38. The summed E-state index contributed by atoms with van der Waals surface area (Å²) in [6.07, 6.45) is 0. The van der Waals surface area contributed by atoms with E-state index in [0.717, 1.165) is 11.3 Å². The third kappa shape index (κ3) is 1.74. The first-order chi connectivity index (χ1) is 6.35. The Labute approximate surface area is 84.0 Å². The Bertz CT molecular complexity index is 382. The van der Waals surface area contributed by atoms with Crippen molar-refractivity contribution < 1.29 is 19.8 Å². The van der Waals surface area contributed by atoms with Gasteiger partial charge >= 0.3 is 11.9 Å². The number of thiazole rings is 1.